The van der Waals surface area contributed by atoms with E-state index in [1.54, 1.807) is 42.5 Å². The molecule has 2 aromatic rings. The van der Waals surface area contributed by atoms with Gasteiger partial charge in [-0.05, 0) is 17.7 Å². The molecular weight excluding hydrogens is 395 g/mol. The van der Waals surface area contributed by atoms with Crippen LogP contribution >= 0.6 is 35.4 Å². The predicted molar refractivity (Wildman–Crippen MR) is 106 cm³/mol. The Bertz CT molecular complexity index is 821. The molecule has 1 atom stereocenters. The highest BCUT2D eigenvalue weighted by Crippen LogP contribution is 2.24. The van der Waals surface area contributed by atoms with Gasteiger partial charge in [0.05, 0.1) is 22.7 Å². The Hall–Kier alpha value is -2.15. The molecular formula is C18H16Cl2N2O3S. The van der Waals surface area contributed by atoms with Gasteiger partial charge in [-0.3, -0.25) is 4.79 Å². The first-order chi connectivity index (χ1) is 12.3. The average molecular weight is 411 g/mol. The molecule has 0 bridgehead atoms. The van der Waals surface area contributed by atoms with Crippen LogP contribution in [-0.4, -0.2) is 30.0 Å². The van der Waals surface area contributed by atoms with Crippen molar-refractivity contribution in [2.75, 3.05) is 7.11 Å². The molecule has 8 heteroatoms. The Kier molecular flexibility index (Phi) is 6.97. The van der Waals surface area contributed by atoms with E-state index in [-0.39, 0.29) is 27.0 Å². The normalized spacial score (nSPS) is 11.5. The van der Waals surface area contributed by atoms with Crippen LogP contribution in [0.15, 0.2) is 42.5 Å². The van der Waals surface area contributed by atoms with Crippen LogP contribution in [0.1, 0.15) is 21.5 Å². The van der Waals surface area contributed by atoms with Crippen molar-refractivity contribution in [2.45, 2.75) is 12.5 Å². The lowest BCUT2D eigenvalue weighted by atomic mass is 10.0. The lowest BCUT2D eigenvalue weighted by Gasteiger charge is -2.17. The number of ether oxygens (including phenoxy) is 1. The fourth-order valence-corrected chi connectivity index (χ4v) is 3.03. The van der Waals surface area contributed by atoms with Gasteiger partial charge in [0.25, 0.3) is 5.91 Å². The van der Waals surface area contributed by atoms with Gasteiger partial charge in [0.15, 0.2) is 0 Å². The van der Waals surface area contributed by atoms with Crippen molar-refractivity contribution in [1.82, 2.24) is 5.32 Å². The summed E-state index contributed by atoms with van der Waals surface area (Å²) in [4.78, 5) is 24.9. The van der Waals surface area contributed by atoms with Crippen LogP contribution in [0.5, 0.6) is 0 Å². The van der Waals surface area contributed by atoms with Gasteiger partial charge < -0.3 is 15.8 Å². The van der Waals surface area contributed by atoms with E-state index >= 15 is 0 Å². The molecule has 0 aliphatic heterocycles. The maximum atomic E-state index is 12.5. The smallest absolute Gasteiger partial charge is 0.328 e. The summed E-state index contributed by atoms with van der Waals surface area (Å²) in [6.07, 6.45) is 0.220. The molecule has 0 spiro atoms. The number of thiocarbonyl (C=S) groups is 1. The quantitative estimate of drug-likeness (QED) is 0.564. The lowest BCUT2D eigenvalue weighted by Crippen LogP contribution is -2.43. The monoisotopic (exact) mass is 410 g/mol. The molecule has 0 fully saturated rings. The molecule has 2 aromatic carbocycles. The molecule has 0 saturated carbocycles. The van der Waals surface area contributed by atoms with Crippen LogP contribution in [0, 0.1) is 0 Å². The SMILES string of the molecule is COC(=O)[C@H](Cc1ccc(C(N)=S)cc1)NC(=O)c1c(Cl)cccc1Cl. The van der Waals surface area contributed by atoms with Crippen LogP contribution in [0.25, 0.3) is 0 Å². The minimum absolute atomic E-state index is 0.105. The lowest BCUT2D eigenvalue weighted by molar-refractivity contribution is -0.142. The summed E-state index contributed by atoms with van der Waals surface area (Å²) >= 11 is 17.0. The Balaban J connectivity index is 2.21. The number of nitrogens with two attached hydrogens (primary N) is 1. The van der Waals surface area contributed by atoms with Crippen molar-refractivity contribution in [3.63, 3.8) is 0 Å². The molecule has 136 valence electrons. The summed E-state index contributed by atoms with van der Waals surface area (Å²) in [5.74, 6) is -1.14. The van der Waals surface area contributed by atoms with Crippen LogP contribution in [0.4, 0.5) is 0 Å². The van der Waals surface area contributed by atoms with Crippen molar-refractivity contribution in [3.05, 3.63) is 69.2 Å². The van der Waals surface area contributed by atoms with E-state index in [9.17, 15) is 9.59 Å². The van der Waals surface area contributed by atoms with Gasteiger partial charge in [-0.25, -0.2) is 4.79 Å². The van der Waals surface area contributed by atoms with Crippen LogP contribution in [0.2, 0.25) is 10.0 Å². The van der Waals surface area contributed by atoms with Crippen molar-refractivity contribution in [1.29, 1.82) is 0 Å². The minimum atomic E-state index is -0.907. The average Bonchev–Trinajstić information content (AvgIpc) is 2.60. The number of benzene rings is 2. The number of rotatable bonds is 6. The highest BCUT2D eigenvalue weighted by molar-refractivity contribution is 7.80. The van der Waals surface area contributed by atoms with Gasteiger partial charge >= 0.3 is 5.97 Å². The summed E-state index contributed by atoms with van der Waals surface area (Å²) in [5, 5.41) is 3.01. The van der Waals surface area contributed by atoms with E-state index in [0.717, 1.165) is 5.56 Å². The number of carbonyl (C=O) groups excluding carboxylic acids is 2. The molecule has 0 aromatic heterocycles. The molecule has 1 amide bonds. The highest BCUT2D eigenvalue weighted by atomic mass is 35.5. The Morgan fingerprint density at radius 2 is 1.73 bits per heavy atom. The molecule has 2 rings (SSSR count). The van der Waals surface area contributed by atoms with E-state index in [1.807, 2.05) is 0 Å². The van der Waals surface area contributed by atoms with E-state index < -0.39 is 17.9 Å². The largest absolute Gasteiger partial charge is 0.467 e. The summed E-state index contributed by atoms with van der Waals surface area (Å²) in [6.45, 7) is 0. The summed E-state index contributed by atoms with van der Waals surface area (Å²) in [7, 11) is 1.25. The van der Waals surface area contributed by atoms with Gasteiger partial charge in [0.2, 0.25) is 0 Å². The van der Waals surface area contributed by atoms with Gasteiger partial charge in [0, 0.05) is 12.0 Å². The van der Waals surface area contributed by atoms with E-state index in [2.05, 4.69) is 5.32 Å². The first-order valence-electron chi connectivity index (χ1n) is 7.55. The number of methoxy groups -OCH3 is 1. The standard InChI is InChI=1S/C18H16Cl2N2O3S/c1-25-18(24)14(9-10-5-7-11(8-6-10)16(21)26)22-17(23)15-12(19)3-2-4-13(15)20/h2-8,14H,9H2,1H3,(H2,21,26)(H,22,23)/t14-/m0/s1. The van der Waals surface area contributed by atoms with Gasteiger partial charge in [-0.15, -0.1) is 0 Å². The minimum Gasteiger partial charge on any atom is -0.467 e. The third-order valence-electron chi connectivity index (χ3n) is 3.66. The predicted octanol–water partition coefficient (Wildman–Crippen LogP) is 3.14. The summed E-state index contributed by atoms with van der Waals surface area (Å²) in [5.41, 5.74) is 7.18. The van der Waals surface area contributed by atoms with Crippen LogP contribution in [0.3, 0.4) is 0 Å². The molecule has 5 nitrogen and oxygen atoms in total. The number of halogens is 2. The number of hydrogen-bond donors (Lipinski definition) is 2. The highest BCUT2D eigenvalue weighted by Gasteiger charge is 2.24. The van der Waals surface area contributed by atoms with Crippen molar-refractivity contribution >= 4 is 52.3 Å². The number of carbonyl (C=O) groups is 2. The van der Waals surface area contributed by atoms with Gasteiger partial charge in [-0.1, -0.05) is 65.8 Å². The van der Waals surface area contributed by atoms with Crippen LogP contribution < -0.4 is 11.1 Å². The topological polar surface area (TPSA) is 81.4 Å². The van der Waals surface area contributed by atoms with Crippen molar-refractivity contribution < 1.29 is 14.3 Å². The molecule has 0 unspecified atom stereocenters. The fourth-order valence-electron chi connectivity index (χ4n) is 2.32. The summed E-state index contributed by atoms with van der Waals surface area (Å²) in [6, 6.07) is 10.9. The maximum absolute atomic E-state index is 12.5. The Morgan fingerprint density at radius 1 is 1.15 bits per heavy atom. The Labute approximate surface area is 166 Å². The van der Waals surface area contributed by atoms with E-state index in [4.69, 9.17) is 45.9 Å². The number of nitrogens with one attached hydrogen (secondary N) is 1. The number of esters is 1. The van der Waals surface area contributed by atoms with E-state index in [1.165, 1.54) is 7.11 Å². The number of amides is 1. The maximum Gasteiger partial charge on any atom is 0.328 e. The third kappa shape index (κ3) is 4.94. The van der Waals surface area contributed by atoms with Gasteiger partial charge in [0.1, 0.15) is 11.0 Å². The molecule has 0 heterocycles. The zero-order valence-corrected chi connectivity index (χ0v) is 16.1. The zero-order valence-electron chi connectivity index (χ0n) is 13.8. The molecule has 0 aliphatic rings. The molecule has 0 radical (unpaired) electrons. The zero-order chi connectivity index (χ0) is 19.3. The summed E-state index contributed by atoms with van der Waals surface area (Å²) < 4.78 is 4.78. The molecule has 3 N–H and O–H groups in total. The molecule has 0 saturated heterocycles. The van der Waals surface area contributed by atoms with Crippen LogP contribution in [-0.2, 0) is 16.0 Å². The Morgan fingerprint density at radius 3 is 2.23 bits per heavy atom. The van der Waals surface area contributed by atoms with Crippen molar-refractivity contribution in [3.8, 4) is 0 Å². The second kappa shape index (κ2) is 8.98. The first kappa shape index (κ1) is 20.2. The third-order valence-corrected chi connectivity index (χ3v) is 4.52. The molecule has 26 heavy (non-hydrogen) atoms. The number of hydrogen-bond acceptors (Lipinski definition) is 4. The molecule has 0 aliphatic carbocycles. The fraction of sp³-hybridized carbons (Fsp3) is 0.167. The van der Waals surface area contributed by atoms with E-state index in [0.29, 0.717) is 5.56 Å². The van der Waals surface area contributed by atoms with Crippen molar-refractivity contribution in [2.24, 2.45) is 5.73 Å². The first-order valence-corrected chi connectivity index (χ1v) is 8.71. The second-order valence-electron chi connectivity index (χ2n) is 5.41. The second-order valence-corrected chi connectivity index (χ2v) is 6.67. The van der Waals surface area contributed by atoms with Gasteiger partial charge in [-0.2, -0.15) is 0 Å².